The van der Waals surface area contributed by atoms with Crippen molar-refractivity contribution in [1.82, 2.24) is 15.8 Å². The lowest BCUT2D eigenvalue weighted by Crippen LogP contribution is -2.46. The van der Waals surface area contributed by atoms with E-state index < -0.39 is 0 Å². The topological polar surface area (TPSA) is 61.4 Å². The van der Waals surface area contributed by atoms with Crippen molar-refractivity contribution in [2.75, 3.05) is 13.1 Å². The van der Waals surface area contributed by atoms with E-state index in [4.69, 9.17) is 0 Å². The van der Waals surface area contributed by atoms with Gasteiger partial charge in [0.15, 0.2) is 0 Å². The molecule has 7 heteroatoms. The van der Waals surface area contributed by atoms with Gasteiger partial charge in [-0.2, -0.15) is 0 Å². The van der Waals surface area contributed by atoms with E-state index in [0.29, 0.717) is 16.1 Å². The second-order valence-corrected chi connectivity index (χ2v) is 7.46. The normalized spacial score (nSPS) is 17.6. The Kier molecular flexibility index (Phi) is 5.65. The highest BCUT2D eigenvalue weighted by molar-refractivity contribution is 9.10. The Balaban J connectivity index is 1.52. The third kappa shape index (κ3) is 4.03. The average molecular weight is 408 g/mol. The van der Waals surface area contributed by atoms with Gasteiger partial charge in [-0.1, -0.05) is 18.2 Å². The van der Waals surface area contributed by atoms with E-state index >= 15 is 0 Å². The first-order valence-electron chi connectivity index (χ1n) is 7.76. The molecule has 2 amide bonds. The number of rotatable bonds is 4. The lowest BCUT2D eigenvalue weighted by molar-refractivity contribution is -0.123. The second kappa shape index (κ2) is 7.92. The van der Waals surface area contributed by atoms with Crippen molar-refractivity contribution in [3.8, 4) is 0 Å². The molecular weight excluding hydrogens is 390 g/mol. The Bertz CT molecular complexity index is 720. The third-order valence-corrected chi connectivity index (χ3v) is 5.68. The van der Waals surface area contributed by atoms with E-state index in [9.17, 15) is 9.59 Å². The first kappa shape index (κ1) is 17.1. The molecule has 0 bridgehead atoms. The molecule has 5 nitrogen and oxygen atoms in total. The van der Waals surface area contributed by atoms with Crippen molar-refractivity contribution in [2.45, 2.75) is 18.9 Å². The standard InChI is InChI=1S/C17H18BrN3O2S/c18-13-6-2-1-5-12(13)17(23)20-19-16(22)11-21-9-3-7-14(21)15-8-4-10-24-15/h1-2,4-6,8,10,14H,3,7,9,11H2,(H,19,22)(H,20,23). The molecule has 0 saturated carbocycles. The minimum atomic E-state index is -0.341. The number of hydrogen-bond acceptors (Lipinski definition) is 4. The molecule has 1 saturated heterocycles. The van der Waals surface area contributed by atoms with Crippen LogP contribution in [0.1, 0.15) is 34.1 Å². The lowest BCUT2D eigenvalue weighted by Gasteiger charge is -2.22. The van der Waals surface area contributed by atoms with Gasteiger partial charge in [0.1, 0.15) is 0 Å². The fraction of sp³-hybridized carbons (Fsp3) is 0.294. The molecule has 1 aromatic carbocycles. The number of nitrogens with zero attached hydrogens (tertiary/aromatic N) is 1. The molecule has 0 radical (unpaired) electrons. The first-order valence-corrected chi connectivity index (χ1v) is 9.43. The number of hydrogen-bond donors (Lipinski definition) is 2. The van der Waals surface area contributed by atoms with Crippen molar-refractivity contribution >= 4 is 39.1 Å². The van der Waals surface area contributed by atoms with E-state index in [1.54, 1.807) is 29.5 Å². The number of thiophene rings is 1. The van der Waals surface area contributed by atoms with Crippen LogP contribution in [0.3, 0.4) is 0 Å². The van der Waals surface area contributed by atoms with Gasteiger partial charge in [-0.15, -0.1) is 11.3 Å². The largest absolute Gasteiger partial charge is 0.287 e. The van der Waals surface area contributed by atoms with Crippen LogP contribution in [0, 0.1) is 0 Å². The van der Waals surface area contributed by atoms with Crippen molar-refractivity contribution in [1.29, 1.82) is 0 Å². The Hall–Kier alpha value is -1.70. The maximum atomic E-state index is 12.2. The number of nitrogens with one attached hydrogen (secondary N) is 2. The van der Waals surface area contributed by atoms with Crippen LogP contribution in [0.5, 0.6) is 0 Å². The molecule has 1 aliphatic heterocycles. The van der Waals surface area contributed by atoms with Gasteiger partial charge < -0.3 is 0 Å². The van der Waals surface area contributed by atoms with E-state index in [2.05, 4.69) is 43.1 Å². The summed E-state index contributed by atoms with van der Waals surface area (Å²) in [5, 5.41) is 2.06. The SMILES string of the molecule is O=C(CN1CCCC1c1cccs1)NNC(=O)c1ccccc1Br. The van der Waals surface area contributed by atoms with Crippen molar-refractivity contribution in [2.24, 2.45) is 0 Å². The van der Waals surface area contributed by atoms with Gasteiger partial charge >= 0.3 is 0 Å². The van der Waals surface area contributed by atoms with E-state index in [-0.39, 0.29) is 18.4 Å². The van der Waals surface area contributed by atoms with Gasteiger partial charge in [-0.3, -0.25) is 25.3 Å². The van der Waals surface area contributed by atoms with E-state index in [1.807, 2.05) is 12.1 Å². The fourth-order valence-corrected chi connectivity index (χ4v) is 4.24. The number of benzene rings is 1. The molecule has 1 unspecified atom stereocenters. The molecule has 2 heterocycles. The minimum Gasteiger partial charge on any atom is -0.287 e. The monoisotopic (exact) mass is 407 g/mol. The van der Waals surface area contributed by atoms with E-state index in [1.165, 1.54) is 4.88 Å². The molecule has 1 atom stereocenters. The molecule has 2 aromatic rings. The van der Waals surface area contributed by atoms with Crippen LogP contribution in [0.4, 0.5) is 0 Å². The summed E-state index contributed by atoms with van der Waals surface area (Å²) in [7, 11) is 0. The van der Waals surface area contributed by atoms with Crippen LogP contribution < -0.4 is 10.9 Å². The predicted octanol–water partition coefficient (Wildman–Crippen LogP) is 3.11. The Morgan fingerprint density at radius 3 is 2.79 bits per heavy atom. The zero-order chi connectivity index (χ0) is 16.9. The highest BCUT2D eigenvalue weighted by Crippen LogP contribution is 2.33. The molecule has 2 N–H and O–H groups in total. The molecule has 126 valence electrons. The lowest BCUT2D eigenvalue weighted by atomic mass is 10.2. The zero-order valence-corrected chi connectivity index (χ0v) is 15.4. The smallest absolute Gasteiger partial charge is 0.270 e. The molecule has 0 spiro atoms. The Labute approximate surface area is 153 Å². The Morgan fingerprint density at radius 2 is 2.04 bits per heavy atom. The van der Waals surface area contributed by atoms with Crippen LogP contribution >= 0.6 is 27.3 Å². The number of hydrazine groups is 1. The summed E-state index contributed by atoms with van der Waals surface area (Å²) in [6.07, 6.45) is 2.15. The van der Waals surface area contributed by atoms with Gasteiger partial charge in [0.05, 0.1) is 12.1 Å². The van der Waals surface area contributed by atoms with Crippen LogP contribution in [0.2, 0.25) is 0 Å². The number of halogens is 1. The van der Waals surface area contributed by atoms with Gasteiger partial charge in [-0.25, -0.2) is 0 Å². The summed E-state index contributed by atoms with van der Waals surface area (Å²) in [5.41, 5.74) is 5.46. The molecular formula is C17H18BrN3O2S. The molecule has 24 heavy (non-hydrogen) atoms. The number of carbonyl (C=O) groups excluding carboxylic acids is 2. The molecule has 1 fully saturated rings. The molecule has 0 aliphatic carbocycles. The fourth-order valence-electron chi connectivity index (χ4n) is 2.88. The highest BCUT2D eigenvalue weighted by Gasteiger charge is 2.28. The average Bonchev–Trinajstić information content (AvgIpc) is 3.24. The van der Waals surface area contributed by atoms with Gasteiger partial charge in [-0.05, 0) is 58.9 Å². The van der Waals surface area contributed by atoms with Crippen LogP contribution in [-0.4, -0.2) is 29.8 Å². The number of carbonyl (C=O) groups is 2. The first-order chi connectivity index (χ1) is 11.6. The summed E-state index contributed by atoms with van der Waals surface area (Å²) in [5.74, 6) is -0.550. The number of amides is 2. The molecule has 1 aromatic heterocycles. The van der Waals surface area contributed by atoms with Crippen molar-refractivity contribution < 1.29 is 9.59 Å². The second-order valence-electron chi connectivity index (χ2n) is 5.63. The van der Waals surface area contributed by atoms with Gasteiger partial charge in [0, 0.05) is 15.4 Å². The van der Waals surface area contributed by atoms with Crippen LogP contribution in [0.25, 0.3) is 0 Å². The van der Waals surface area contributed by atoms with Crippen molar-refractivity contribution in [3.05, 3.63) is 56.7 Å². The maximum absolute atomic E-state index is 12.2. The summed E-state index contributed by atoms with van der Waals surface area (Å²) in [6.45, 7) is 1.17. The van der Waals surface area contributed by atoms with Crippen molar-refractivity contribution in [3.63, 3.8) is 0 Å². The summed E-state index contributed by atoms with van der Waals surface area (Å²) >= 11 is 5.04. The quantitative estimate of drug-likeness (QED) is 0.765. The van der Waals surface area contributed by atoms with Gasteiger partial charge in [0.2, 0.25) is 0 Å². The molecule has 3 rings (SSSR count). The number of likely N-dealkylation sites (tertiary alicyclic amines) is 1. The zero-order valence-electron chi connectivity index (χ0n) is 13.0. The Morgan fingerprint density at radius 1 is 1.21 bits per heavy atom. The summed E-state index contributed by atoms with van der Waals surface area (Å²) in [4.78, 5) is 27.7. The van der Waals surface area contributed by atoms with Crippen LogP contribution in [-0.2, 0) is 4.79 Å². The third-order valence-electron chi connectivity index (χ3n) is 4.02. The minimum absolute atomic E-state index is 0.209. The molecule has 1 aliphatic rings. The van der Waals surface area contributed by atoms with Crippen LogP contribution in [0.15, 0.2) is 46.3 Å². The maximum Gasteiger partial charge on any atom is 0.270 e. The summed E-state index contributed by atoms with van der Waals surface area (Å²) in [6, 6.07) is 11.5. The predicted molar refractivity (Wildman–Crippen MR) is 97.6 cm³/mol. The van der Waals surface area contributed by atoms with Gasteiger partial charge in [0.25, 0.3) is 11.8 Å². The summed E-state index contributed by atoms with van der Waals surface area (Å²) < 4.78 is 0.689. The highest BCUT2D eigenvalue weighted by atomic mass is 79.9. The van der Waals surface area contributed by atoms with E-state index in [0.717, 1.165) is 19.4 Å².